The Morgan fingerprint density at radius 1 is 1.25 bits per heavy atom. The van der Waals surface area contributed by atoms with E-state index in [4.69, 9.17) is 9.47 Å². The average molecular weight is 229 g/mol. The second-order valence-corrected chi connectivity index (χ2v) is 4.94. The quantitative estimate of drug-likeness (QED) is 0.616. The Balaban J connectivity index is 2.12. The van der Waals surface area contributed by atoms with Crippen molar-refractivity contribution in [2.75, 3.05) is 26.4 Å². The highest BCUT2D eigenvalue weighted by atomic mass is 16.5. The molecule has 0 unspecified atom stereocenters. The number of nitrogens with one attached hydrogen (secondary N) is 1. The van der Waals surface area contributed by atoms with E-state index in [0.717, 1.165) is 32.8 Å². The van der Waals surface area contributed by atoms with Crippen molar-refractivity contribution in [2.45, 2.75) is 58.1 Å². The summed E-state index contributed by atoms with van der Waals surface area (Å²) >= 11 is 0. The van der Waals surface area contributed by atoms with Crippen LogP contribution in [0.25, 0.3) is 0 Å². The lowest BCUT2D eigenvalue weighted by atomic mass is 9.77. The molecule has 3 nitrogen and oxygen atoms in total. The van der Waals surface area contributed by atoms with Crippen molar-refractivity contribution in [3.8, 4) is 0 Å². The van der Waals surface area contributed by atoms with Crippen LogP contribution in [0.2, 0.25) is 0 Å². The van der Waals surface area contributed by atoms with E-state index < -0.39 is 0 Å². The van der Waals surface area contributed by atoms with Crippen LogP contribution in [0.3, 0.4) is 0 Å². The van der Waals surface area contributed by atoms with Crippen molar-refractivity contribution >= 4 is 0 Å². The molecule has 0 aliphatic heterocycles. The molecule has 0 saturated heterocycles. The van der Waals surface area contributed by atoms with Crippen molar-refractivity contribution < 1.29 is 9.47 Å². The SMILES string of the molecule is CCOCCOC1(CCNC(C)C)CCC1. The zero-order valence-electron chi connectivity index (χ0n) is 11.1. The molecule has 0 aromatic carbocycles. The monoisotopic (exact) mass is 229 g/mol. The Morgan fingerprint density at radius 2 is 2.00 bits per heavy atom. The molecule has 1 aliphatic rings. The molecule has 96 valence electrons. The van der Waals surface area contributed by atoms with Crippen LogP contribution < -0.4 is 5.32 Å². The van der Waals surface area contributed by atoms with Crippen LogP contribution in [0, 0.1) is 0 Å². The summed E-state index contributed by atoms with van der Waals surface area (Å²) < 4.78 is 11.3. The molecule has 0 spiro atoms. The number of hydrogen-bond acceptors (Lipinski definition) is 3. The van der Waals surface area contributed by atoms with Crippen LogP contribution in [0.15, 0.2) is 0 Å². The van der Waals surface area contributed by atoms with Crippen LogP contribution in [-0.2, 0) is 9.47 Å². The first-order valence-corrected chi connectivity index (χ1v) is 6.63. The van der Waals surface area contributed by atoms with Gasteiger partial charge in [-0.15, -0.1) is 0 Å². The third-order valence-corrected chi connectivity index (χ3v) is 3.24. The van der Waals surface area contributed by atoms with Crippen LogP contribution in [0.5, 0.6) is 0 Å². The van der Waals surface area contributed by atoms with Crippen molar-refractivity contribution in [1.29, 1.82) is 0 Å². The maximum Gasteiger partial charge on any atom is 0.0708 e. The van der Waals surface area contributed by atoms with Crippen molar-refractivity contribution in [1.82, 2.24) is 5.32 Å². The minimum absolute atomic E-state index is 0.166. The molecule has 1 rings (SSSR count). The standard InChI is InChI=1S/C13H27NO2/c1-4-15-10-11-16-13(6-5-7-13)8-9-14-12(2)3/h12,14H,4-11H2,1-3H3. The van der Waals surface area contributed by atoms with Crippen LogP contribution in [0.1, 0.15) is 46.5 Å². The van der Waals surface area contributed by atoms with Gasteiger partial charge in [0.2, 0.25) is 0 Å². The fourth-order valence-corrected chi connectivity index (χ4v) is 2.09. The molecule has 16 heavy (non-hydrogen) atoms. The van der Waals surface area contributed by atoms with Gasteiger partial charge >= 0.3 is 0 Å². The minimum Gasteiger partial charge on any atom is -0.379 e. The largest absolute Gasteiger partial charge is 0.379 e. The zero-order valence-corrected chi connectivity index (χ0v) is 11.1. The molecule has 0 bridgehead atoms. The maximum absolute atomic E-state index is 5.98. The van der Waals surface area contributed by atoms with E-state index in [-0.39, 0.29) is 5.60 Å². The summed E-state index contributed by atoms with van der Waals surface area (Å²) in [5.41, 5.74) is 0.166. The molecule has 1 fully saturated rings. The first kappa shape index (κ1) is 13.9. The van der Waals surface area contributed by atoms with Gasteiger partial charge in [-0.1, -0.05) is 13.8 Å². The lowest BCUT2D eigenvalue weighted by molar-refractivity contribution is -0.117. The fourth-order valence-electron chi connectivity index (χ4n) is 2.09. The Labute approximate surface area is 99.9 Å². The van der Waals surface area contributed by atoms with E-state index in [1.54, 1.807) is 0 Å². The predicted octanol–water partition coefficient (Wildman–Crippen LogP) is 2.35. The third-order valence-electron chi connectivity index (χ3n) is 3.24. The predicted molar refractivity (Wildman–Crippen MR) is 66.8 cm³/mol. The third kappa shape index (κ3) is 4.81. The van der Waals surface area contributed by atoms with Crippen molar-refractivity contribution in [2.24, 2.45) is 0 Å². The molecular weight excluding hydrogens is 202 g/mol. The van der Waals surface area contributed by atoms with Gasteiger partial charge in [0.05, 0.1) is 18.8 Å². The fraction of sp³-hybridized carbons (Fsp3) is 1.00. The van der Waals surface area contributed by atoms with Gasteiger partial charge in [0.15, 0.2) is 0 Å². The first-order chi connectivity index (χ1) is 7.68. The smallest absolute Gasteiger partial charge is 0.0708 e. The van der Waals surface area contributed by atoms with Crippen LogP contribution in [0.4, 0.5) is 0 Å². The van der Waals surface area contributed by atoms with E-state index in [1.165, 1.54) is 19.3 Å². The molecule has 0 aromatic rings. The lowest BCUT2D eigenvalue weighted by Gasteiger charge is -2.42. The second-order valence-electron chi connectivity index (χ2n) is 4.94. The molecule has 1 saturated carbocycles. The van der Waals surface area contributed by atoms with Gasteiger partial charge in [-0.2, -0.15) is 0 Å². The van der Waals surface area contributed by atoms with E-state index in [2.05, 4.69) is 19.2 Å². The topological polar surface area (TPSA) is 30.5 Å². The van der Waals surface area contributed by atoms with Gasteiger partial charge < -0.3 is 14.8 Å². The summed E-state index contributed by atoms with van der Waals surface area (Å²) in [7, 11) is 0. The van der Waals surface area contributed by atoms with E-state index in [9.17, 15) is 0 Å². The van der Waals surface area contributed by atoms with Gasteiger partial charge in [-0.3, -0.25) is 0 Å². The summed E-state index contributed by atoms with van der Waals surface area (Å²) in [5, 5.41) is 3.46. The Kier molecular flexibility index (Phi) is 6.32. The molecule has 1 aliphatic carbocycles. The van der Waals surface area contributed by atoms with Crippen LogP contribution >= 0.6 is 0 Å². The zero-order chi connectivity index (χ0) is 11.9. The molecule has 0 atom stereocenters. The summed E-state index contributed by atoms with van der Waals surface area (Å²) in [6, 6.07) is 0.570. The average Bonchev–Trinajstić information content (AvgIpc) is 2.19. The number of hydrogen-bond donors (Lipinski definition) is 1. The minimum atomic E-state index is 0.166. The van der Waals surface area contributed by atoms with Crippen LogP contribution in [-0.4, -0.2) is 38.0 Å². The van der Waals surface area contributed by atoms with Gasteiger partial charge in [-0.05, 0) is 39.2 Å². The summed E-state index contributed by atoms with van der Waals surface area (Å²) in [5.74, 6) is 0. The molecule has 1 N–H and O–H groups in total. The Morgan fingerprint density at radius 3 is 2.50 bits per heavy atom. The van der Waals surface area contributed by atoms with E-state index in [1.807, 2.05) is 6.92 Å². The molecular formula is C13H27NO2. The van der Waals surface area contributed by atoms with Gasteiger partial charge in [0.1, 0.15) is 0 Å². The Bertz CT molecular complexity index is 179. The highest BCUT2D eigenvalue weighted by molar-refractivity contribution is 4.90. The second kappa shape index (κ2) is 7.25. The highest BCUT2D eigenvalue weighted by Crippen LogP contribution is 2.38. The van der Waals surface area contributed by atoms with E-state index in [0.29, 0.717) is 6.04 Å². The normalized spacial score (nSPS) is 18.8. The maximum atomic E-state index is 5.98. The summed E-state index contributed by atoms with van der Waals surface area (Å²) in [4.78, 5) is 0. The van der Waals surface area contributed by atoms with Crippen molar-refractivity contribution in [3.05, 3.63) is 0 Å². The number of ether oxygens (including phenoxy) is 2. The highest BCUT2D eigenvalue weighted by Gasteiger charge is 2.37. The van der Waals surface area contributed by atoms with Crippen molar-refractivity contribution in [3.63, 3.8) is 0 Å². The van der Waals surface area contributed by atoms with E-state index >= 15 is 0 Å². The lowest BCUT2D eigenvalue weighted by Crippen LogP contribution is -2.44. The Hall–Kier alpha value is -0.120. The van der Waals surface area contributed by atoms with Gasteiger partial charge in [0.25, 0.3) is 0 Å². The molecule has 0 radical (unpaired) electrons. The van der Waals surface area contributed by atoms with Gasteiger partial charge in [0, 0.05) is 12.6 Å². The summed E-state index contributed by atoms with van der Waals surface area (Å²) in [6.45, 7) is 9.71. The molecule has 0 heterocycles. The molecule has 0 aromatic heterocycles. The summed E-state index contributed by atoms with van der Waals surface area (Å²) in [6.07, 6.45) is 4.89. The van der Waals surface area contributed by atoms with Gasteiger partial charge in [-0.25, -0.2) is 0 Å². The number of rotatable bonds is 9. The molecule has 3 heteroatoms. The first-order valence-electron chi connectivity index (χ1n) is 6.63. The molecule has 0 amide bonds.